The summed E-state index contributed by atoms with van der Waals surface area (Å²) in [6.45, 7) is 1.96. The molecule has 4 aliphatic rings. The second-order valence-corrected chi connectivity index (χ2v) is 25.3. The van der Waals surface area contributed by atoms with Gasteiger partial charge in [-0.15, -0.1) is 0 Å². The highest BCUT2D eigenvalue weighted by molar-refractivity contribution is 7.90. The van der Waals surface area contributed by atoms with Crippen molar-refractivity contribution in [3.05, 3.63) is 168 Å². The van der Waals surface area contributed by atoms with Crippen molar-refractivity contribution < 1.29 is 45.6 Å². The van der Waals surface area contributed by atoms with Gasteiger partial charge in [-0.05, 0) is 100 Å². The zero-order chi connectivity index (χ0) is 58.3. The lowest BCUT2D eigenvalue weighted by Crippen LogP contribution is -2.62. The third kappa shape index (κ3) is 12.8. The summed E-state index contributed by atoms with van der Waals surface area (Å²) in [5.74, 6) is -3.85. The first kappa shape index (κ1) is 59.3. The molecule has 0 saturated carbocycles. The fourth-order valence-corrected chi connectivity index (χ4v) is 14.7. The van der Waals surface area contributed by atoms with E-state index in [0.29, 0.717) is 6.42 Å². The van der Waals surface area contributed by atoms with Gasteiger partial charge in [-0.2, -0.15) is 8.61 Å². The van der Waals surface area contributed by atoms with Crippen molar-refractivity contribution in [2.75, 3.05) is 46.8 Å². The summed E-state index contributed by atoms with van der Waals surface area (Å²) < 4.78 is 62.4. The van der Waals surface area contributed by atoms with Gasteiger partial charge in [0.05, 0.1) is 39.9 Å². The summed E-state index contributed by atoms with van der Waals surface area (Å²) in [5.41, 5.74) is 3.34. The van der Waals surface area contributed by atoms with E-state index in [2.05, 4.69) is 31.9 Å². The van der Waals surface area contributed by atoms with Gasteiger partial charge in [0, 0.05) is 44.8 Å². The van der Waals surface area contributed by atoms with Gasteiger partial charge in [0.2, 0.25) is 55.5 Å². The molecule has 0 bridgehead atoms. The minimum Gasteiger partial charge on any atom is -0.345 e. The van der Waals surface area contributed by atoms with Crippen LogP contribution in [0.1, 0.15) is 80.3 Å². The molecule has 434 valence electrons. The van der Waals surface area contributed by atoms with Crippen molar-refractivity contribution >= 4 is 55.5 Å². The number of rotatable bonds is 18. The van der Waals surface area contributed by atoms with E-state index in [4.69, 9.17) is 0 Å². The lowest BCUT2D eigenvalue weighted by Gasteiger charge is -2.39. The predicted molar refractivity (Wildman–Crippen MR) is 307 cm³/mol. The van der Waals surface area contributed by atoms with E-state index in [1.807, 2.05) is 121 Å². The molecule has 0 spiro atoms. The molecule has 0 aromatic heterocycles. The van der Waals surface area contributed by atoms with Crippen LogP contribution in [-0.2, 0) is 48.8 Å². The molecule has 5 aromatic carbocycles. The lowest BCUT2D eigenvalue weighted by atomic mass is 9.93. The average molecular weight is 1160 g/mol. The number of carbonyl (C=O) groups excluding carboxylic acids is 6. The Morgan fingerprint density at radius 3 is 1.38 bits per heavy atom. The fraction of sp³-hybridized carbons (Fsp3) is 0.400. The van der Waals surface area contributed by atoms with Gasteiger partial charge in [0.1, 0.15) is 18.1 Å². The Balaban J connectivity index is 0.979. The number of benzene rings is 5. The minimum atomic E-state index is -4.67. The van der Waals surface area contributed by atoms with E-state index < -0.39 is 133 Å². The molecule has 22 heteroatoms. The van der Waals surface area contributed by atoms with Gasteiger partial charge in [0.25, 0.3) is 0 Å². The largest absolute Gasteiger partial charge is 0.345 e. The Morgan fingerprint density at radius 1 is 0.500 bits per heavy atom. The van der Waals surface area contributed by atoms with Gasteiger partial charge in [-0.1, -0.05) is 127 Å². The molecule has 8 atom stereocenters. The van der Waals surface area contributed by atoms with Crippen LogP contribution in [0, 0.1) is 5.92 Å². The average Bonchev–Trinajstić information content (AvgIpc) is 4.03. The zero-order valence-electron chi connectivity index (χ0n) is 46.4. The van der Waals surface area contributed by atoms with Crippen LogP contribution < -0.4 is 31.9 Å². The molecular weight excluding hydrogens is 1080 g/mol. The van der Waals surface area contributed by atoms with Gasteiger partial charge in [-0.25, -0.2) is 16.8 Å². The fourth-order valence-electron chi connectivity index (χ4n) is 11.6. The van der Waals surface area contributed by atoms with E-state index in [9.17, 15) is 28.8 Å². The lowest BCUT2D eigenvalue weighted by molar-refractivity contribution is -0.144. The zero-order valence-corrected chi connectivity index (χ0v) is 48.0. The predicted octanol–water partition coefficient (Wildman–Crippen LogP) is 3.05. The van der Waals surface area contributed by atoms with Gasteiger partial charge in [-0.3, -0.25) is 28.8 Å². The smallest absolute Gasteiger partial charge is 0.247 e. The minimum absolute atomic E-state index is 0.0401. The molecule has 4 aliphatic heterocycles. The molecule has 6 amide bonds. The maximum absolute atomic E-state index is 15.1. The molecule has 4 fully saturated rings. The maximum atomic E-state index is 15.1. The Kier molecular flexibility index (Phi) is 18.7. The van der Waals surface area contributed by atoms with Gasteiger partial charge >= 0.3 is 0 Å². The van der Waals surface area contributed by atoms with E-state index >= 15 is 16.8 Å². The summed E-state index contributed by atoms with van der Waals surface area (Å²) >= 11 is 0. The molecule has 4 saturated heterocycles. The first-order valence-corrected chi connectivity index (χ1v) is 30.8. The van der Waals surface area contributed by atoms with Crippen LogP contribution in [0.15, 0.2) is 155 Å². The third-order valence-corrected chi connectivity index (χ3v) is 20.2. The normalized spacial score (nSPS) is 22.7. The Hall–Kier alpha value is -7.34. The number of hydrogen-bond acceptors (Lipinski definition) is 12. The van der Waals surface area contributed by atoms with Gasteiger partial charge in [0.15, 0.2) is 0 Å². The third-order valence-electron chi connectivity index (χ3n) is 16.5. The summed E-state index contributed by atoms with van der Waals surface area (Å²) in [5, 5.41) is 17.6. The number of amides is 6. The standard InChI is InChI=1S/C60H72N10O10S2/c1-39(61-3)55(71)63-49-37-68(34-32-51-48(31-35-69(51)59(49)75)57(73)65-53(41-18-9-5-10-19-41)42-20-11-6-12-21-42)82(79,80)47-27-17-26-46(36-47)81(77,78)67-33-30-45-28-29-52(70(45)60(76)50(38-67)64-56(72)40(2)62-4)58(74)66-54(43-22-13-7-14-23-43)44-24-15-8-16-25-44/h5-27,36,39-40,45,48-54,61-62H,28-35,37-38H2,1-4H3,(H,63,71)(H,64,72)(H,65,73)(H,66,74). The number of nitrogens with zero attached hydrogens (tertiary/aromatic N) is 4. The second kappa shape index (κ2) is 25.8. The van der Waals surface area contributed by atoms with E-state index in [1.54, 1.807) is 32.8 Å². The number of fused-ring (bicyclic) bond motifs is 2. The van der Waals surface area contributed by atoms with E-state index in [1.165, 1.54) is 23.1 Å². The Labute approximate surface area is 479 Å². The summed E-state index contributed by atoms with van der Waals surface area (Å²) in [6.07, 6.45) is 1.07. The topological polar surface area (TPSA) is 256 Å². The molecule has 0 aliphatic carbocycles. The molecule has 8 unspecified atom stereocenters. The van der Waals surface area contributed by atoms with Crippen LogP contribution in [0.2, 0.25) is 0 Å². The Morgan fingerprint density at radius 2 is 0.927 bits per heavy atom. The van der Waals surface area contributed by atoms with E-state index in [-0.39, 0.29) is 51.2 Å². The van der Waals surface area contributed by atoms with Crippen molar-refractivity contribution in [1.29, 1.82) is 0 Å². The highest BCUT2D eigenvalue weighted by Crippen LogP contribution is 2.35. The quantitative estimate of drug-likeness (QED) is 0.0741. The van der Waals surface area contributed by atoms with Crippen LogP contribution in [-0.4, -0.2) is 160 Å². The summed E-state index contributed by atoms with van der Waals surface area (Å²) in [7, 11) is -6.18. The van der Waals surface area contributed by atoms with Crippen LogP contribution in [0.25, 0.3) is 0 Å². The number of likely N-dealkylation sites (N-methyl/N-ethyl adjacent to an activating group) is 2. The first-order chi connectivity index (χ1) is 39.4. The Bertz CT molecular complexity index is 3250. The summed E-state index contributed by atoms with van der Waals surface area (Å²) in [4.78, 5) is 88.0. The monoisotopic (exact) mass is 1160 g/mol. The second-order valence-electron chi connectivity index (χ2n) is 21.4. The molecule has 0 radical (unpaired) electrons. The molecule has 4 heterocycles. The van der Waals surface area contributed by atoms with Crippen LogP contribution in [0.3, 0.4) is 0 Å². The van der Waals surface area contributed by atoms with Crippen LogP contribution in [0.4, 0.5) is 0 Å². The van der Waals surface area contributed by atoms with Gasteiger partial charge < -0.3 is 41.7 Å². The molecular formula is C60H72N10O10S2. The number of sulfonamides is 2. The highest BCUT2D eigenvalue weighted by atomic mass is 32.2. The van der Waals surface area contributed by atoms with Crippen molar-refractivity contribution in [1.82, 2.24) is 50.3 Å². The molecule has 9 rings (SSSR count). The summed E-state index contributed by atoms with van der Waals surface area (Å²) in [6, 6.07) is 34.8. The maximum Gasteiger partial charge on any atom is 0.247 e. The molecule has 20 nitrogen and oxygen atoms in total. The van der Waals surface area contributed by atoms with Crippen molar-refractivity contribution in [3.63, 3.8) is 0 Å². The first-order valence-electron chi connectivity index (χ1n) is 27.9. The number of carbonyl (C=O) groups is 6. The number of hydrogen-bond donors (Lipinski definition) is 6. The molecule has 82 heavy (non-hydrogen) atoms. The highest BCUT2D eigenvalue weighted by Gasteiger charge is 2.49. The van der Waals surface area contributed by atoms with Crippen LogP contribution in [0.5, 0.6) is 0 Å². The number of nitrogens with one attached hydrogen (secondary N) is 6. The SMILES string of the molecule is CNC(C)C(=O)NC1CN(S(=O)(=O)c2cccc(S(=O)(=O)N3CCC4CCC(C(=O)NC(c5ccccc5)c5ccccc5)N4C(=O)C(NC(=O)C(C)NC)C3)c2)CCC2C(C(=O)NC(c3ccccc3)c3ccccc3)CCN2C1=O. The van der Waals surface area contributed by atoms with Crippen LogP contribution >= 0.6 is 0 Å². The van der Waals surface area contributed by atoms with E-state index in [0.717, 1.165) is 36.9 Å². The molecule has 6 N–H and O–H groups in total. The van der Waals surface area contributed by atoms with Crippen molar-refractivity contribution in [2.45, 2.75) is 110 Å². The molecule has 5 aromatic rings. The van der Waals surface area contributed by atoms with Crippen molar-refractivity contribution in [3.8, 4) is 0 Å². The van der Waals surface area contributed by atoms with Crippen molar-refractivity contribution in [2.24, 2.45) is 5.92 Å².